The molecule has 21 heavy (non-hydrogen) atoms. The standard InChI is InChI=1S/C17H18N2OS/c20-17(15-7-4-9-18-13-15)19-10-8-16(21-12-11-19)14-5-2-1-3-6-14/h1-7,9,13,16H,8,10-12H2/t16-/m1/s1. The molecule has 0 radical (unpaired) electrons. The zero-order chi connectivity index (χ0) is 14.5. The van der Waals surface area contributed by atoms with Crippen LogP contribution in [0.1, 0.15) is 27.6 Å². The molecule has 3 rings (SSSR count). The predicted molar refractivity (Wildman–Crippen MR) is 86.4 cm³/mol. The molecule has 0 aliphatic carbocycles. The molecule has 1 amide bonds. The molecule has 3 nitrogen and oxygen atoms in total. The first-order valence-corrected chi connectivity index (χ1v) is 8.25. The number of thioether (sulfide) groups is 1. The van der Waals surface area contributed by atoms with Crippen molar-refractivity contribution in [2.45, 2.75) is 11.7 Å². The van der Waals surface area contributed by atoms with Crippen molar-refractivity contribution in [1.82, 2.24) is 9.88 Å². The molecular weight excluding hydrogens is 280 g/mol. The van der Waals surface area contributed by atoms with E-state index in [1.165, 1.54) is 5.56 Å². The monoisotopic (exact) mass is 298 g/mol. The lowest BCUT2D eigenvalue weighted by molar-refractivity contribution is 0.0766. The quantitative estimate of drug-likeness (QED) is 0.852. The Balaban J connectivity index is 1.67. The highest BCUT2D eigenvalue weighted by Crippen LogP contribution is 2.34. The molecule has 0 unspecified atom stereocenters. The summed E-state index contributed by atoms with van der Waals surface area (Å²) in [4.78, 5) is 18.5. The van der Waals surface area contributed by atoms with Gasteiger partial charge in [-0.15, -0.1) is 0 Å². The van der Waals surface area contributed by atoms with E-state index < -0.39 is 0 Å². The van der Waals surface area contributed by atoms with E-state index in [-0.39, 0.29) is 5.91 Å². The third-order valence-electron chi connectivity index (χ3n) is 3.71. The van der Waals surface area contributed by atoms with Crippen molar-refractivity contribution in [3.63, 3.8) is 0 Å². The van der Waals surface area contributed by atoms with Crippen molar-refractivity contribution in [2.75, 3.05) is 18.8 Å². The first kappa shape index (κ1) is 14.1. The van der Waals surface area contributed by atoms with Crippen LogP contribution in [0, 0.1) is 0 Å². The van der Waals surface area contributed by atoms with Crippen LogP contribution in [0.25, 0.3) is 0 Å². The fourth-order valence-electron chi connectivity index (χ4n) is 2.58. The average Bonchev–Trinajstić information content (AvgIpc) is 2.82. The topological polar surface area (TPSA) is 33.2 Å². The number of hydrogen-bond acceptors (Lipinski definition) is 3. The normalized spacial score (nSPS) is 19.0. The molecule has 0 N–H and O–H groups in total. The number of hydrogen-bond donors (Lipinski definition) is 0. The van der Waals surface area contributed by atoms with E-state index in [2.05, 4.69) is 29.2 Å². The van der Waals surface area contributed by atoms with Crippen molar-refractivity contribution in [1.29, 1.82) is 0 Å². The smallest absolute Gasteiger partial charge is 0.255 e. The highest BCUT2D eigenvalue weighted by molar-refractivity contribution is 7.99. The number of carbonyl (C=O) groups is 1. The third kappa shape index (κ3) is 3.45. The lowest BCUT2D eigenvalue weighted by atomic mass is 10.1. The largest absolute Gasteiger partial charge is 0.338 e. The van der Waals surface area contributed by atoms with Crippen LogP contribution < -0.4 is 0 Å². The molecule has 0 spiro atoms. The SMILES string of the molecule is O=C(c1cccnc1)N1CCS[C@@H](c2ccccc2)CC1. The van der Waals surface area contributed by atoms with Gasteiger partial charge >= 0.3 is 0 Å². The van der Waals surface area contributed by atoms with Gasteiger partial charge in [-0.1, -0.05) is 30.3 Å². The van der Waals surface area contributed by atoms with Crippen LogP contribution in [0.5, 0.6) is 0 Å². The Hall–Kier alpha value is -1.81. The summed E-state index contributed by atoms with van der Waals surface area (Å²) < 4.78 is 0. The molecule has 1 aliphatic rings. The van der Waals surface area contributed by atoms with Gasteiger partial charge in [-0.3, -0.25) is 9.78 Å². The maximum absolute atomic E-state index is 12.5. The molecule has 1 fully saturated rings. The van der Waals surface area contributed by atoms with Crippen LogP contribution in [0.2, 0.25) is 0 Å². The van der Waals surface area contributed by atoms with Crippen LogP contribution in [-0.4, -0.2) is 34.6 Å². The number of pyridine rings is 1. The zero-order valence-corrected chi connectivity index (χ0v) is 12.6. The second-order valence-electron chi connectivity index (χ2n) is 5.09. The minimum Gasteiger partial charge on any atom is -0.338 e. The molecule has 0 bridgehead atoms. The maximum Gasteiger partial charge on any atom is 0.255 e. The second kappa shape index (κ2) is 6.76. The van der Waals surface area contributed by atoms with Gasteiger partial charge < -0.3 is 4.90 Å². The molecule has 1 aromatic heterocycles. The first-order chi connectivity index (χ1) is 10.3. The summed E-state index contributed by atoms with van der Waals surface area (Å²) in [6.45, 7) is 1.61. The van der Waals surface area contributed by atoms with Gasteiger partial charge in [-0.05, 0) is 24.1 Å². The summed E-state index contributed by atoms with van der Waals surface area (Å²) in [6, 6.07) is 14.2. The summed E-state index contributed by atoms with van der Waals surface area (Å²) >= 11 is 1.94. The number of benzene rings is 1. The summed E-state index contributed by atoms with van der Waals surface area (Å²) in [5.41, 5.74) is 2.04. The molecule has 1 aliphatic heterocycles. The summed E-state index contributed by atoms with van der Waals surface area (Å²) in [7, 11) is 0. The number of amides is 1. The third-order valence-corrected chi connectivity index (χ3v) is 5.04. The molecule has 2 heterocycles. The highest BCUT2D eigenvalue weighted by Gasteiger charge is 2.22. The Bertz CT molecular complexity index is 588. The number of aromatic nitrogens is 1. The molecule has 1 atom stereocenters. The first-order valence-electron chi connectivity index (χ1n) is 7.20. The molecule has 1 aromatic carbocycles. The van der Waals surface area contributed by atoms with Gasteiger partial charge in [-0.2, -0.15) is 11.8 Å². The number of carbonyl (C=O) groups excluding carboxylic acids is 1. The lowest BCUT2D eigenvalue weighted by Gasteiger charge is -2.20. The van der Waals surface area contributed by atoms with E-state index in [1.807, 2.05) is 34.9 Å². The Labute approximate surface area is 129 Å². The van der Waals surface area contributed by atoms with Crippen LogP contribution in [-0.2, 0) is 0 Å². The van der Waals surface area contributed by atoms with Gasteiger partial charge in [0.25, 0.3) is 5.91 Å². The van der Waals surface area contributed by atoms with E-state index in [0.717, 1.165) is 25.3 Å². The van der Waals surface area contributed by atoms with E-state index in [0.29, 0.717) is 10.8 Å². The maximum atomic E-state index is 12.5. The average molecular weight is 298 g/mol. The summed E-state index contributed by atoms with van der Waals surface area (Å²) in [5.74, 6) is 1.07. The van der Waals surface area contributed by atoms with Crippen molar-refractivity contribution in [2.24, 2.45) is 0 Å². The second-order valence-corrected chi connectivity index (χ2v) is 6.40. The Kier molecular flexibility index (Phi) is 4.55. The molecule has 1 saturated heterocycles. The van der Waals surface area contributed by atoms with Gasteiger partial charge in [0.1, 0.15) is 0 Å². The minimum atomic E-state index is 0.0948. The predicted octanol–water partition coefficient (Wildman–Crippen LogP) is 3.40. The van der Waals surface area contributed by atoms with Crippen molar-refractivity contribution >= 4 is 17.7 Å². The van der Waals surface area contributed by atoms with E-state index in [9.17, 15) is 4.79 Å². The van der Waals surface area contributed by atoms with Crippen LogP contribution >= 0.6 is 11.8 Å². The zero-order valence-electron chi connectivity index (χ0n) is 11.8. The molecule has 0 saturated carbocycles. The van der Waals surface area contributed by atoms with Crippen LogP contribution in [0.4, 0.5) is 0 Å². The van der Waals surface area contributed by atoms with Crippen LogP contribution in [0.15, 0.2) is 54.9 Å². The van der Waals surface area contributed by atoms with E-state index >= 15 is 0 Å². The van der Waals surface area contributed by atoms with Crippen molar-refractivity contribution in [3.8, 4) is 0 Å². The summed E-state index contributed by atoms with van der Waals surface area (Å²) in [5, 5.41) is 0.484. The fraction of sp³-hybridized carbons (Fsp3) is 0.294. The Morgan fingerprint density at radius 1 is 1.14 bits per heavy atom. The van der Waals surface area contributed by atoms with Gasteiger partial charge in [0.2, 0.25) is 0 Å². The summed E-state index contributed by atoms with van der Waals surface area (Å²) in [6.07, 6.45) is 4.34. The van der Waals surface area contributed by atoms with Crippen LogP contribution in [0.3, 0.4) is 0 Å². The van der Waals surface area contributed by atoms with E-state index in [4.69, 9.17) is 0 Å². The van der Waals surface area contributed by atoms with Crippen molar-refractivity contribution in [3.05, 3.63) is 66.0 Å². The molecule has 108 valence electrons. The Morgan fingerprint density at radius 2 is 2.00 bits per heavy atom. The fourth-order valence-corrected chi connectivity index (χ4v) is 3.81. The van der Waals surface area contributed by atoms with Gasteiger partial charge in [0.15, 0.2) is 0 Å². The molecule has 2 aromatic rings. The lowest BCUT2D eigenvalue weighted by Crippen LogP contribution is -2.33. The van der Waals surface area contributed by atoms with E-state index in [1.54, 1.807) is 12.4 Å². The van der Waals surface area contributed by atoms with Gasteiger partial charge in [0, 0.05) is 36.5 Å². The number of nitrogens with zero attached hydrogens (tertiary/aromatic N) is 2. The van der Waals surface area contributed by atoms with Crippen molar-refractivity contribution < 1.29 is 4.79 Å². The number of rotatable bonds is 2. The van der Waals surface area contributed by atoms with Gasteiger partial charge in [0.05, 0.1) is 5.56 Å². The Morgan fingerprint density at radius 3 is 2.76 bits per heavy atom. The molecule has 4 heteroatoms. The molecular formula is C17H18N2OS. The van der Waals surface area contributed by atoms with Gasteiger partial charge in [-0.25, -0.2) is 0 Å². The minimum absolute atomic E-state index is 0.0948. The highest BCUT2D eigenvalue weighted by atomic mass is 32.2.